The van der Waals surface area contributed by atoms with Gasteiger partial charge in [0.15, 0.2) is 5.96 Å². The molecule has 2 rings (SSSR count). The molecule has 23 heavy (non-hydrogen) atoms. The number of rotatable bonds is 7. The van der Waals surface area contributed by atoms with Gasteiger partial charge in [-0.05, 0) is 30.7 Å². The van der Waals surface area contributed by atoms with Crippen LogP contribution in [0.25, 0.3) is 0 Å². The van der Waals surface area contributed by atoms with Gasteiger partial charge in [0.05, 0.1) is 19.3 Å². The Morgan fingerprint density at radius 1 is 1.35 bits per heavy atom. The fourth-order valence-electron chi connectivity index (χ4n) is 1.94. The van der Waals surface area contributed by atoms with Crippen molar-refractivity contribution in [1.29, 1.82) is 0 Å². The van der Waals surface area contributed by atoms with Crippen LogP contribution in [-0.4, -0.2) is 35.2 Å². The van der Waals surface area contributed by atoms with Crippen LogP contribution in [0, 0.1) is 0 Å². The van der Waals surface area contributed by atoms with Crippen LogP contribution in [0.4, 0.5) is 0 Å². The topological polar surface area (TPSA) is 63.5 Å². The molecular weight excluding hydrogens is 405 g/mol. The lowest BCUT2D eigenvalue weighted by molar-refractivity contribution is 0.320. The molecule has 2 aromatic heterocycles. The van der Waals surface area contributed by atoms with Crippen LogP contribution in [0.5, 0.6) is 5.75 Å². The van der Waals surface area contributed by atoms with E-state index in [2.05, 4.69) is 32.9 Å². The first-order valence-corrected chi connectivity index (χ1v) is 7.44. The monoisotopic (exact) mass is 429 g/mol. The second-order valence-corrected chi connectivity index (χ2v) is 4.84. The van der Waals surface area contributed by atoms with Gasteiger partial charge in [-0.3, -0.25) is 4.98 Å². The number of nitrogens with zero attached hydrogens (tertiary/aromatic N) is 3. The van der Waals surface area contributed by atoms with Crippen molar-refractivity contribution in [3.63, 3.8) is 0 Å². The molecule has 2 heterocycles. The Kier molecular flexibility index (Phi) is 9.11. The number of ether oxygens (including phenoxy) is 1. The quantitative estimate of drug-likeness (QED) is 0.307. The fourth-order valence-corrected chi connectivity index (χ4v) is 1.94. The van der Waals surface area contributed by atoms with Crippen molar-refractivity contribution in [3.8, 4) is 5.75 Å². The summed E-state index contributed by atoms with van der Waals surface area (Å²) in [5.74, 6) is 1.57. The van der Waals surface area contributed by atoms with Crippen molar-refractivity contribution in [2.24, 2.45) is 12.0 Å². The molecule has 7 heteroatoms. The van der Waals surface area contributed by atoms with E-state index < -0.39 is 0 Å². The summed E-state index contributed by atoms with van der Waals surface area (Å²) >= 11 is 0. The van der Waals surface area contributed by atoms with E-state index in [1.165, 1.54) is 5.56 Å². The second kappa shape index (κ2) is 10.9. The Morgan fingerprint density at radius 3 is 2.87 bits per heavy atom. The van der Waals surface area contributed by atoms with Crippen molar-refractivity contribution < 1.29 is 4.74 Å². The highest BCUT2D eigenvalue weighted by Crippen LogP contribution is 2.05. The third kappa shape index (κ3) is 7.36. The van der Waals surface area contributed by atoms with Gasteiger partial charge in [-0.15, -0.1) is 24.0 Å². The van der Waals surface area contributed by atoms with E-state index in [9.17, 15) is 0 Å². The molecule has 0 unspecified atom stereocenters. The number of aliphatic imine (C=N–C) groups is 1. The SMILES string of the molecule is CCNC(=NCc1ccn(C)c1)NCCOc1cccnc1.I. The first kappa shape index (κ1) is 19.3. The van der Waals surface area contributed by atoms with Crippen LogP contribution in [0.1, 0.15) is 12.5 Å². The molecule has 2 N–H and O–H groups in total. The molecule has 0 saturated heterocycles. The molecule has 0 amide bonds. The Morgan fingerprint density at radius 2 is 2.22 bits per heavy atom. The smallest absolute Gasteiger partial charge is 0.191 e. The van der Waals surface area contributed by atoms with Gasteiger partial charge in [0.2, 0.25) is 0 Å². The van der Waals surface area contributed by atoms with Gasteiger partial charge in [-0.1, -0.05) is 0 Å². The van der Waals surface area contributed by atoms with E-state index in [-0.39, 0.29) is 24.0 Å². The molecule has 6 nitrogen and oxygen atoms in total. The van der Waals surface area contributed by atoms with Crippen molar-refractivity contribution in [1.82, 2.24) is 20.2 Å². The minimum absolute atomic E-state index is 0. The summed E-state index contributed by atoms with van der Waals surface area (Å²) in [5.41, 5.74) is 1.19. The Hall–Kier alpha value is -1.77. The highest BCUT2D eigenvalue weighted by atomic mass is 127. The van der Waals surface area contributed by atoms with E-state index >= 15 is 0 Å². The van der Waals surface area contributed by atoms with E-state index in [1.807, 2.05) is 36.9 Å². The van der Waals surface area contributed by atoms with Gasteiger partial charge in [-0.2, -0.15) is 0 Å². The average Bonchev–Trinajstić information content (AvgIpc) is 2.95. The number of nitrogens with one attached hydrogen (secondary N) is 2. The normalized spacial score (nSPS) is 10.8. The molecule has 0 aliphatic carbocycles. The summed E-state index contributed by atoms with van der Waals surface area (Å²) in [6.07, 6.45) is 7.52. The van der Waals surface area contributed by atoms with Crippen LogP contribution < -0.4 is 15.4 Å². The highest BCUT2D eigenvalue weighted by molar-refractivity contribution is 14.0. The Balaban J connectivity index is 0.00000264. The van der Waals surface area contributed by atoms with Crippen molar-refractivity contribution in [3.05, 3.63) is 48.5 Å². The van der Waals surface area contributed by atoms with Crippen molar-refractivity contribution in [2.75, 3.05) is 19.7 Å². The largest absolute Gasteiger partial charge is 0.490 e. The molecule has 0 bridgehead atoms. The number of pyridine rings is 1. The minimum Gasteiger partial charge on any atom is -0.490 e. The predicted molar refractivity (Wildman–Crippen MR) is 103 cm³/mol. The summed E-state index contributed by atoms with van der Waals surface area (Å²) in [4.78, 5) is 8.56. The maximum Gasteiger partial charge on any atom is 0.191 e. The van der Waals surface area contributed by atoms with Gasteiger partial charge < -0.3 is 19.9 Å². The van der Waals surface area contributed by atoms with Crippen LogP contribution in [0.2, 0.25) is 0 Å². The zero-order valence-electron chi connectivity index (χ0n) is 13.5. The standard InChI is InChI=1S/C16H23N5O.HI/c1-3-18-16(20-11-14-6-9-21(2)13-14)19-8-10-22-15-5-4-7-17-12-15;/h4-7,9,12-13H,3,8,10-11H2,1-2H3,(H2,18,19,20);1H. The van der Waals surface area contributed by atoms with Gasteiger partial charge in [0, 0.05) is 32.2 Å². The summed E-state index contributed by atoms with van der Waals surface area (Å²) in [7, 11) is 2.01. The number of guanidine groups is 1. The third-order valence-corrected chi connectivity index (χ3v) is 2.95. The summed E-state index contributed by atoms with van der Waals surface area (Å²) in [6, 6.07) is 5.81. The minimum atomic E-state index is 0. The zero-order chi connectivity index (χ0) is 15.6. The predicted octanol–water partition coefficient (Wildman–Crippen LogP) is 2.17. The number of hydrogen-bond donors (Lipinski definition) is 2. The maximum absolute atomic E-state index is 5.59. The van der Waals surface area contributed by atoms with Crippen LogP contribution in [-0.2, 0) is 13.6 Å². The maximum atomic E-state index is 5.59. The Bertz CT molecular complexity index is 585. The van der Waals surface area contributed by atoms with Gasteiger partial charge in [-0.25, -0.2) is 4.99 Å². The molecular formula is C16H24IN5O. The fraction of sp³-hybridized carbons (Fsp3) is 0.375. The summed E-state index contributed by atoms with van der Waals surface area (Å²) in [5, 5.41) is 6.48. The summed E-state index contributed by atoms with van der Waals surface area (Å²) in [6.45, 7) is 4.76. The highest BCUT2D eigenvalue weighted by Gasteiger charge is 1.99. The van der Waals surface area contributed by atoms with E-state index in [0.29, 0.717) is 19.7 Å². The van der Waals surface area contributed by atoms with Crippen LogP contribution in [0.3, 0.4) is 0 Å². The molecule has 0 saturated carbocycles. The lowest BCUT2D eigenvalue weighted by Crippen LogP contribution is -2.39. The molecule has 0 aliphatic rings. The molecule has 0 radical (unpaired) electrons. The second-order valence-electron chi connectivity index (χ2n) is 4.84. The number of aromatic nitrogens is 2. The number of halogens is 1. The van der Waals surface area contributed by atoms with Gasteiger partial charge >= 0.3 is 0 Å². The average molecular weight is 429 g/mol. The number of aryl methyl sites for hydroxylation is 1. The lowest BCUT2D eigenvalue weighted by atomic mass is 10.3. The molecule has 0 spiro atoms. The van der Waals surface area contributed by atoms with E-state index in [4.69, 9.17) is 4.74 Å². The first-order chi connectivity index (χ1) is 10.8. The van der Waals surface area contributed by atoms with Crippen LogP contribution >= 0.6 is 24.0 Å². The van der Waals surface area contributed by atoms with E-state index in [1.54, 1.807) is 12.4 Å². The molecule has 2 aromatic rings. The molecule has 126 valence electrons. The zero-order valence-corrected chi connectivity index (χ0v) is 15.9. The lowest BCUT2D eigenvalue weighted by Gasteiger charge is -2.11. The summed E-state index contributed by atoms with van der Waals surface area (Å²) < 4.78 is 7.61. The molecule has 0 atom stereocenters. The third-order valence-electron chi connectivity index (χ3n) is 2.95. The first-order valence-electron chi connectivity index (χ1n) is 7.44. The van der Waals surface area contributed by atoms with Crippen molar-refractivity contribution in [2.45, 2.75) is 13.5 Å². The molecule has 0 aromatic carbocycles. The van der Waals surface area contributed by atoms with Crippen LogP contribution in [0.15, 0.2) is 48.0 Å². The number of hydrogen-bond acceptors (Lipinski definition) is 3. The van der Waals surface area contributed by atoms with E-state index in [0.717, 1.165) is 18.3 Å². The molecule has 0 fully saturated rings. The van der Waals surface area contributed by atoms with Gasteiger partial charge in [0.1, 0.15) is 12.4 Å². The molecule has 0 aliphatic heterocycles. The Labute approximate surface area is 154 Å². The van der Waals surface area contributed by atoms with Crippen molar-refractivity contribution >= 4 is 29.9 Å². The van der Waals surface area contributed by atoms with Gasteiger partial charge in [0.25, 0.3) is 0 Å².